The van der Waals surface area contributed by atoms with Crippen molar-refractivity contribution < 1.29 is 27.4 Å². The van der Waals surface area contributed by atoms with Gasteiger partial charge in [-0.3, -0.25) is 0 Å². The van der Waals surface area contributed by atoms with Crippen molar-refractivity contribution in [3.8, 4) is 11.5 Å². The van der Waals surface area contributed by atoms with Crippen LogP contribution in [-0.4, -0.2) is 26.7 Å². The fraction of sp³-hybridized carbons (Fsp3) is 0.455. The lowest BCUT2D eigenvalue weighted by Gasteiger charge is -2.12. The minimum atomic E-state index is -4.36. The molecule has 0 bridgehead atoms. The summed E-state index contributed by atoms with van der Waals surface area (Å²) in [4.78, 5) is 0. The van der Waals surface area contributed by atoms with Crippen LogP contribution in [0.2, 0.25) is 0 Å². The van der Waals surface area contributed by atoms with Gasteiger partial charge in [0.15, 0.2) is 6.79 Å². The molecular weight excluding hydrogens is 273 g/mol. The Morgan fingerprint density at radius 1 is 1.28 bits per heavy atom. The van der Waals surface area contributed by atoms with Crippen molar-refractivity contribution >= 4 is 11.6 Å². The molecule has 7 heteroatoms. The average molecular weight is 285 g/mol. The summed E-state index contributed by atoms with van der Waals surface area (Å²) >= 11 is 5.69. The Bertz CT molecular complexity index is 382. The lowest BCUT2D eigenvalue weighted by Crippen LogP contribution is -2.19. The third kappa shape index (κ3) is 5.01. The molecule has 0 aliphatic rings. The summed E-state index contributed by atoms with van der Waals surface area (Å²) in [5.74, 6) is 1.12. The molecule has 0 amide bonds. The first-order chi connectivity index (χ1) is 8.46. The molecule has 0 spiro atoms. The second kappa shape index (κ2) is 6.70. The number of methoxy groups -OCH3 is 1. The van der Waals surface area contributed by atoms with Crippen LogP contribution in [0.4, 0.5) is 13.2 Å². The Morgan fingerprint density at radius 3 is 2.56 bits per heavy atom. The number of ether oxygens (including phenoxy) is 3. The number of benzene rings is 1. The van der Waals surface area contributed by atoms with Gasteiger partial charge < -0.3 is 14.2 Å². The smallest absolute Gasteiger partial charge is 0.411 e. The molecule has 0 radical (unpaired) electrons. The first-order valence-electron chi connectivity index (χ1n) is 4.96. The van der Waals surface area contributed by atoms with Crippen LogP contribution in [0.15, 0.2) is 18.2 Å². The van der Waals surface area contributed by atoms with Gasteiger partial charge in [0.2, 0.25) is 0 Å². The Morgan fingerprint density at radius 2 is 2.00 bits per heavy atom. The van der Waals surface area contributed by atoms with E-state index in [1.165, 1.54) is 7.11 Å². The van der Waals surface area contributed by atoms with Gasteiger partial charge in [-0.05, 0) is 18.2 Å². The predicted octanol–water partition coefficient (Wildman–Crippen LogP) is 3.35. The summed E-state index contributed by atoms with van der Waals surface area (Å²) in [6.45, 7) is -1.84. The van der Waals surface area contributed by atoms with Gasteiger partial charge in [-0.15, -0.1) is 11.6 Å². The zero-order valence-electron chi connectivity index (χ0n) is 9.59. The Kier molecular flexibility index (Phi) is 5.55. The monoisotopic (exact) mass is 284 g/mol. The van der Waals surface area contributed by atoms with E-state index in [0.29, 0.717) is 17.1 Å². The summed E-state index contributed by atoms with van der Waals surface area (Å²) in [6, 6.07) is 4.83. The van der Waals surface area contributed by atoms with Crippen LogP contribution in [0.3, 0.4) is 0 Å². The largest absolute Gasteiger partial charge is 0.497 e. The molecule has 0 atom stereocenters. The molecule has 0 aliphatic carbocycles. The highest BCUT2D eigenvalue weighted by Gasteiger charge is 2.27. The van der Waals surface area contributed by atoms with E-state index in [1.807, 2.05) is 0 Å². The van der Waals surface area contributed by atoms with E-state index in [0.717, 1.165) is 0 Å². The third-order valence-corrected chi connectivity index (χ3v) is 2.26. The molecule has 0 aromatic heterocycles. The normalized spacial score (nSPS) is 11.4. The van der Waals surface area contributed by atoms with Gasteiger partial charge in [-0.1, -0.05) is 0 Å². The lowest BCUT2D eigenvalue weighted by atomic mass is 10.2. The maximum Gasteiger partial charge on any atom is 0.411 e. The Balaban J connectivity index is 2.51. The molecule has 1 aromatic rings. The first-order valence-corrected chi connectivity index (χ1v) is 5.50. The molecule has 1 aromatic carbocycles. The van der Waals surface area contributed by atoms with E-state index in [4.69, 9.17) is 21.1 Å². The van der Waals surface area contributed by atoms with Crippen molar-refractivity contribution in [3.63, 3.8) is 0 Å². The summed E-state index contributed by atoms with van der Waals surface area (Å²) in [6.07, 6.45) is -4.36. The van der Waals surface area contributed by atoms with E-state index >= 15 is 0 Å². The van der Waals surface area contributed by atoms with Crippen LogP contribution in [0, 0.1) is 0 Å². The van der Waals surface area contributed by atoms with Crippen LogP contribution in [-0.2, 0) is 10.6 Å². The van der Waals surface area contributed by atoms with E-state index < -0.39 is 19.6 Å². The fourth-order valence-corrected chi connectivity index (χ4v) is 1.40. The SMILES string of the molecule is COc1ccc(OCOCC(F)(F)F)c(CCl)c1. The quantitative estimate of drug-likeness (QED) is 0.455. The van der Waals surface area contributed by atoms with E-state index in [-0.39, 0.29) is 5.88 Å². The molecular formula is C11H12ClF3O3. The topological polar surface area (TPSA) is 27.7 Å². The second-order valence-electron chi connectivity index (χ2n) is 3.33. The van der Waals surface area contributed by atoms with Crippen molar-refractivity contribution in [1.29, 1.82) is 0 Å². The maximum atomic E-state index is 11.8. The number of alkyl halides is 4. The molecule has 0 unspecified atom stereocenters. The highest BCUT2D eigenvalue weighted by atomic mass is 35.5. The fourth-order valence-electron chi connectivity index (χ4n) is 1.19. The molecule has 0 heterocycles. The van der Waals surface area contributed by atoms with Gasteiger partial charge in [0, 0.05) is 5.56 Å². The molecule has 102 valence electrons. The molecule has 1 rings (SSSR count). The number of halogens is 4. The second-order valence-corrected chi connectivity index (χ2v) is 3.60. The lowest BCUT2D eigenvalue weighted by molar-refractivity contribution is -0.186. The Hall–Kier alpha value is -1.14. The van der Waals surface area contributed by atoms with Crippen LogP contribution in [0.5, 0.6) is 11.5 Å². The van der Waals surface area contributed by atoms with E-state index in [1.54, 1.807) is 18.2 Å². The molecule has 3 nitrogen and oxygen atoms in total. The molecule has 0 N–H and O–H groups in total. The highest BCUT2D eigenvalue weighted by Crippen LogP contribution is 2.25. The molecule has 0 saturated carbocycles. The highest BCUT2D eigenvalue weighted by molar-refractivity contribution is 6.17. The van der Waals surface area contributed by atoms with Gasteiger partial charge >= 0.3 is 6.18 Å². The van der Waals surface area contributed by atoms with Crippen LogP contribution < -0.4 is 9.47 Å². The minimum absolute atomic E-state index is 0.159. The van der Waals surface area contributed by atoms with Crippen LogP contribution >= 0.6 is 11.6 Å². The van der Waals surface area contributed by atoms with Gasteiger partial charge in [-0.25, -0.2) is 0 Å². The van der Waals surface area contributed by atoms with Gasteiger partial charge in [0.05, 0.1) is 13.0 Å². The van der Waals surface area contributed by atoms with Crippen molar-refractivity contribution in [2.75, 3.05) is 20.5 Å². The van der Waals surface area contributed by atoms with Crippen LogP contribution in [0.1, 0.15) is 5.56 Å². The summed E-state index contributed by atoms with van der Waals surface area (Å²) in [7, 11) is 1.50. The summed E-state index contributed by atoms with van der Waals surface area (Å²) in [5, 5.41) is 0. The minimum Gasteiger partial charge on any atom is -0.497 e. The predicted molar refractivity (Wildman–Crippen MR) is 60.1 cm³/mol. The Labute approximate surface area is 107 Å². The van der Waals surface area contributed by atoms with Gasteiger partial charge in [-0.2, -0.15) is 13.2 Å². The zero-order valence-corrected chi connectivity index (χ0v) is 10.3. The van der Waals surface area contributed by atoms with E-state index in [9.17, 15) is 13.2 Å². The molecule has 0 fully saturated rings. The average Bonchev–Trinajstić information content (AvgIpc) is 2.33. The summed E-state index contributed by atoms with van der Waals surface area (Å²) in [5.41, 5.74) is 0.617. The number of rotatable bonds is 6. The molecule has 0 saturated heterocycles. The van der Waals surface area contributed by atoms with Crippen molar-refractivity contribution in [1.82, 2.24) is 0 Å². The first kappa shape index (κ1) is 14.9. The van der Waals surface area contributed by atoms with Crippen molar-refractivity contribution in [2.45, 2.75) is 12.1 Å². The molecule has 18 heavy (non-hydrogen) atoms. The van der Waals surface area contributed by atoms with Crippen molar-refractivity contribution in [3.05, 3.63) is 23.8 Å². The molecule has 0 aliphatic heterocycles. The zero-order chi connectivity index (χ0) is 13.6. The number of hydrogen-bond donors (Lipinski definition) is 0. The summed E-state index contributed by atoms with van der Waals surface area (Å²) < 4.78 is 49.8. The number of hydrogen-bond acceptors (Lipinski definition) is 3. The van der Waals surface area contributed by atoms with Gasteiger partial charge in [0.1, 0.15) is 18.1 Å². The maximum absolute atomic E-state index is 11.8. The third-order valence-electron chi connectivity index (χ3n) is 1.98. The van der Waals surface area contributed by atoms with Crippen LogP contribution in [0.25, 0.3) is 0 Å². The standard InChI is InChI=1S/C11H12ClF3O3/c1-16-9-2-3-10(8(4-9)5-12)18-7-17-6-11(13,14)15/h2-4H,5-7H2,1H3. The van der Waals surface area contributed by atoms with E-state index in [2.05, 4.69) is 4.74 Å². The van der Waals surface area contributed by atoms with Gasteiger partial charge in [0.25, 0.3) is 0 Å². The van der Waals surface area contributed by atoms with Crippen molar-refractivity contribution in [2.24, 2.45) is 0 Å².